The number of nitrogens with one attached hydrogen (secondary N) is 4. The largest absolute Gasteiger partial charge is 0.416 e. The first-order chi connectivity index (χ1) is 15.3. The Bertz CT molecular complexity index is 1060. The summed E-state index contributed by atoms with van der Waals surface area (Å²) in [6.07, 6.45) is 1.16. The molecule has 0 bridgehead atoms. The molecule has 2 aromatic rings. The number of anilines is 2. The van der Waals surface area contributed by atoms with Crippen molar-refractivity contribution in [3.8, 4) is 0 Å². The number of rotatable bonds is 5. The van der Waals surface area contributed by atoms with E-state index in [1.54, 1.807) is 0 Å². The van der Waals surface area contributed by atoms with E-state index in [1.807, 2.05) is 30.5 Å². The van der Waals surface area contributed by atoms with E-state index in [4.69, 9.17) is 5.11 Å². The van der Waals surface area contributed by atoms with Crippen molar-refractivity contribution in [1.29, 1.82) is 0 Å². The Morgan fingerprint density at radius 3 is 2.59 bits per heavy atom. The third kappa shape index (κ3) is 4.79. The zero-order chi connectivity index (χ0) is 22.7. The van der Waals surface area contributed by atoms with Gasteiger partial charge in [0.1, 0.15) is 12.0 Å². The van der Waals surface area contributed by atoms with Gasteiger partial charge in [0.15, 0.2) is 0 Å². The van der Waals surface area contributed by atoms with Gasteiger partial charge in [0.05, 0.1) is 18.3 Å². The van der Waals surface area contributed by atoms with Crippen LogP contribution in [-0.2, 0) is 6.18 Å². The molecule has 2 atom stereocenters. The second kappa shape index (κ2) is 9.05. The molecular formula is C23H24F3N5O. The predicted octanol–water partition coefficient (Wildman–Crippen LogP) is 3.96. The second-order valence-corrected chi connectivity index (χ2v) is 7.62. The van der Waals surface area contributed by atoms with Crippen molar-refractivity contribution >= 4 is 17.2 Å². The minimum Gasteiger partial charge on any atom is -0.381 e. The van der Waals surface area contributed by atoms with Gasteiger partial charge in [-0.3, -0.25) is 5.32 Å². The first-order valence-electron chi connectivity index (χ1n) is 10.2. The van der Waals surface area contributed by atoms with Crippen LogP contribution in [0.2, 0.25) is 0 Å². The van der Waals surface area contributed by atoms with Crippen molar-refractivity contribution in [2.45, 2.75) is 25.3 Å². The van der Waals surface area contributed by atoms with Gasteiger partial charge in [0, 0.05) is 23.5 Å². The van der Waals surface area contributed by atoms with E-state index in [9.17, 15) is 13.2 Å². The third-order valence-electron chi connectivity index (χ3n) is 5.34. The Morgan fingerprint density at radius 2 is 1.91 bits per heavy atom. The fourth-order valence-electron chi connectivity index (χ4n) is 3.72. The van der Waals surface area contributed by atoms with Crippen molar-refractivity contribution in [3.63, 3.8) is 0 Å². The van der Waals surface area contributed by atoms with E-state index in [0.29, 0.717) is 18.1 Å². The molecule has 0 saturated heterocycles. The summed E-state index contributed by atoms with van der Waals surface area (Å²) < 4.78 is 38.6. The maximum absolute atomic E-state index is 12.9. The zero-order valence-electron chi connectivity index (χ0n) is 17.4. The van der Waals surface area contributed by atoms with E-state index in [2.05, 4.69) is 39.3 Å². The lowest BCUT2D eigenvalue weighted by molar-refractivity contribution is -0.137. The maximum Gasteiger partial charge on any atom is 0.416 e. The molecule has 2 aliphatic heterocycles. The highest BCUT2D eigenvalue weighted by Crippen LogP contribution is 2.32. The molecule has 5 N–H and O–H groups in total. The van der Waals surface area contributed by atoms with Crippen molar-refractivity contribution in [1.82, 2.24) is 10.6 Å². The molecule has 0 saturated carbocycles. The van der Waals surface area contributed by atoms with Gasteiger partial charge in [-0.15, -0.1) is 0 Å². The van der Waals surface area contributed by atoms with Crippen molar-refractivity contribution in [3.05, 3.63) is 83.1 Å². The van der Waals surface area contributed by atoms with Gasteiger partial charge in [-0.1, -0.05) is 12.1 Å². The number of amidine groups is 1. The number of aliphatic imine (C=N–C) groups is 1. The summed E-state index contributed by atoms with van der Waals surface area (Å²) in [5.41, 5.74) is 3.70. The molecule has 0 amide bonds. The quantitative estimate of drug-likeness (QED) is 0.452. The van der Waals surface area contributed by atoms with Gasteiger partial charge >= 0.3 is 6.18 Å². The Kier molecular flexibility index (Phi) is 6.20. The molecule has 2 aliphatic rings. The summed E-state index contributed by atoms with van der Waals surface area (Å²) in [6, 6.07) is 10.9. The SMILES string of the molecule is CC1=CC=CNC1c1ccc2c(c1)NC(CNCO)N=C2Nc1ccc(C(F)(F)F)cc1. The highest BCUT2D eigenvalue weighted by molar-refractivity contribution is 6.12. The number of hydrogen-bond acceptors (Lipinski definition) is 6. The molecule has 0 aliphatic carbocycles. The Labute approximate surface area is 183 Å². The summed E-state index contributed by atoms with van der Waals surface area (Å²) in [5.74, 6) is 0.540. The van der Waals surface area contributed by atoms with Crippen LogP contribution < -0.4 is 21.3 Å². The van der Waals surface area contributed by atoms with E-state index in [1.165, 1.54) is 17.7 Å². The predicted molar refractivity (Wildman–Crippen MR) is 119 cm³/mol. The van der Waals surface area contributed by atoms with Gasteiger partial charge < -0.3 is 21.1 Å². The lowest BCUT2D eigenvalue weighted by atomic mass is 9.95. The van der Waals surface area contributed by atoms with E-state index >= 15 is 0 Å². The van der Waals surface area contributed by atoms with E-state index in [0.717, 1.165) is 28.9 Å². The van der Waals surface area contributed by atoms with Crippen LogP contribution in [0.25, 0.3) is 0 Å². The first kappa shape index (κ1) is 21.9. The molecule has 0 radical (unpaired) electrons. The number of aliphatic hydroxyl groups excluding tert-OH is 1. The molecular weight excluding hydrogens is 419 g/mol. The molecule has 6 nitrogen and oxygen atoms in total. The number of alkyl halides is 3. The van der Waals surface area contributed by atoms with Crippen LogP contribution in [0.1, 0.15) is 29.7 Å². The summed E-state index contributed by atoms with van der Waals surface area (Å²) in [7, 11) is 0. The first-order valence-corrected chi connectivity index (χ1v) is 10.2. The molecule has 9 heteroatoms. The van der Waals surface area contributed by atoms with Crippen LogP contribution in [0.3, 0.4) is 0 Å². The Morgan fingerprint density at radius 1 is 1.12 bits per heavy atom. The van der Waals surface area contributed by atoms with Crippen LogP contribution in [-0.4, -0.2) is 30.4 Å². The van der Waals surface area contributed by atoms with Crippen LogP contribution in [0.4, 0.5) is 24.5 Å². The number of allylic oxidation sites excluding steroid dienone is 2. The number of dihydropyridines is 1. The fraction of sp³-hybridized carbons (Fsp3) is 0.261. The minimum atomic E-state index is -4.39. The Balaban J connectivity index is 1.63. The lowest BCUT2D eigenvalue weighted by Gasteiger charge is -2.28. The normalized spacial score (nSPS) is 19.9. The third-order valence-corrected chi connectivity index (χ3v) is 5.34. The standard InChI is InChI=1S/C23H24F3N5O/c1-14-3-2-10-28-21(14)15-4-9-18-19(11-15)30-20(12-27-13-32)31-22(18)29-17-7-5-16(6-8-17)23(24,25)26/h2-11,20-21,27-28,30,32H,12-13H2,1H3,(H,29,31). The van der Waals surface area contributed by atoms with Gasteiger partial charge in [-0.25, -0.2) is 4.99 Å². The summed E-state index contributed by atoms with van der Waals surface area (Å²) >= 11 is 0. The molecule has 0 aromatic heterocycles. The number of benzene rings is 2. The van der Waals surface area contributed by atoms with Gasteiger partial charge in [-0.05, 0) is 66.7 Å². The number of halogens is 3. The van der Waals surface area contributed by atoms with Gasteiger partial charge in [-0.2, -0.15) is 13.2 Å². The molecule has 2 heterocycles. The molecule has 0 fully saturated rings. The number of hydrogen-bond donors (Lipinski definition) is 5. The topological polar surface area (TPSA) is 80.7 Å². The lowest BCUT2D eigenvalue weighted by Crippen LogP contribution is -2.37. The minimum absolute atomic E-state index is 0.0475. The van der Waals surface area contributed by atoms with E-state index < -0.39 is 11.7 Å². The second-order valence-electron chi connectivity index (χ2n) is 7.62. The van der Waals surface area contributed by atoms with Crippen LogP contribution in [0.15, 0.2) is 71.4 Å². The zero-order valence-corrected chi connectivity index (χ0v) is 17.4. The van der Waals surface area contributed by atoms with Crippen LogP contribution >= 0.6 is 0 Å². The molecule has 32 heavy (non-hydrogen) atoms. The highest BCUT2D eigenvalue weighted by Gasteiger charge is 2.30. The van der Waals surface area contributed by atoms with Crippen molar-refractivity contribution in [2.75, 3.05) is 23.9 Å². The average Bonchev–Trinajstić information content (AvgIpc) is 2.77. The van der Waals surface area contributed by atoms with Crippen molar-refractivity contribution < 1.29 is 18.3 Å². The summed E-state index contributed by atoms with van der Waals surface area (Å²) in [5, 5.41) is 21.8. The van der Waals surface area contributed by atoms with E-state index in [-0.39, 0.29) is 18.9 Å². The van der Waals surface area contributed by atoms with Crippen molar-refractivity contribution in [2.24, 2.45) is 4.99 Å². The smallest absolute Gasteiger partial charge is 0.381 e. The molecule has 4 rings (SSSR count). The number of fused-ring (bicyclic) bond motifs is 1. The fourth-order valence-corrected chi connectivity index (χ4v) is 3.72. The Hall–Kier alpha value is -3.30. The van der Waals surface area contributed by atoms with Crippen LogP contribution in [0.5, 0.6) is 0 Å². The monoisotopic (exact) mass is 443 g/mol. The summed E-state index contributed by atoms with van der Waals surface area (Å²) in [4.78, 5) is 4.64. The maximum atomic E-state index is 12.9. The summed E-state index contributed by atoms with van der Waals surface area (Å²) in [6.45, 7) is 2.24. The molecule has 2 aromatic carbocycles. The highest BCUT2D eigenvalue weighted by atomic mass is 19.4. The number of aliphatic hydroxyl groups is 1. The molecule has 2 unspecified atom stereocenters. The van der Waals surface area contributed by atoms with Gasteiger partial charge in [0.2, 0.25) is 0 Å². The van der Waals surface area contributed by atoms with Crippen LogP contribution in [0, 0.1) is 0 Å². The molecule has 168 valence electrons. The number of nitrogens with zero attached hydrogens (tertiary/aromatic N) is 1. The molecule has 0 spiro atoms. The van der Waals surface area contributed by atoms with Gasteiger partial charge in [0.25, 0.3) is 0 Å². The average molecular weight is 443 g/mol.